The number of aliphatic hydroxyl groups is 3. The molecular formula is C48H75O12P. The molecule has 6 atom stereocenters. The second-order valence-corrected chi connectivity index (χ2v) is 16.5. The zero-order valence-corrected chi connectivity index (χ0v) is 37.6. The summed E-state index contributed by atoms with van der Waals surface area (Å²) in [4.78, 5) is 47.6. The highest BCUT2D eigenvalue weighted by atomic mass is 31.2. The fourth-order valence-electron chi connectivity index (χ4n) is 5.95. The van der Waals surface area contributed by atoms with Gasteiger partial charge in [0, 0.05) is 18.8 Å². The highest BCUT2D eigenvalue weighted by Gasteiger charge is 2.28. The first-order valence-corrected chi connectivity index (χ1v) is 23.7. The Morgan fingerprint density at radius 3 is 2.00 bits per heavy atom. The molecule has 1 rings (SSSR count). The van der Waals surface area contributed by atoms with Gasteiger partial charge < -0.3 is 29.7 Å². The van der Waals surface area contributed by atoms with E-state index in [4.69, 9.17) is 19.1 Å². The summed E-state index contributed by atoms with van der Waals surface area (Å²) in [5.41, 5.74) is 0. The maximum absolute atomic E-state index is 12.7. The zero-order chi connectivity index (χ0) is 44.8. The van der Waals surface area contributed by atoms with E-state index >= 15 is 0 Å². The van der Waals surface area contributed by atoms with Crippen LogP contribution in [0.4, 0.5) is 0 Å². The van der Waals surface area contributed by atoms with Crippen molar-refractivity contribution in [2.45, 2.75) is 148 Å². The molecule has 0 spiro atoms. The third-order valence-electron chi connectivity index (χ3n) is 9.47. The molecule has 0 saturated heterocycles. The first-order chi connectivity index (χ1) is 29.5. The van der Waals surface area contributed by atoms with Crippen molar-refractivity contribution in [3.63, 3.8) is 0 Å². The maximum atomic E-state index is 12.7. The Morgan fingerprint density at radius 2 is 1.34 bits per heavy atom. The van der Waals surface area contributed by atoms with Crippen molar-refractivity contribution in [2.75, 3.05) is 26.4 Å². The molecule has 1 aliphatic carbocycles. The quantitative estimate of drug-likeness (QED) is 0.0201. The van der Waals surface area contributed by atoms with Gasteiger partial charge in [0.1, 0.15) is 12.7 Å². The Kier molecular flexibility index (Phi) is 33.8. The molecule has 61 heavy (non-hydrogen) atoms. The molecule has 344 valence electrons. The van der Waals surface area contributed by atoms with E-state index in [1.165, 1.54) is 0 Å². The Balaban J connectivity index is 2.45. The fraction of sp³-hybridized carbons (Fsp3) is 0.604. The summed E-state index contributed by atoms with van der Waals surface area (Å²) in [7, 11) is -4.69. The Bertz CT molecular complexity index is 1480. The summed E-state index contributed by atoms with van der Waals surface area (Å²) in [6.07, 6.45) is 42.9. The van der Waals surface area contributed by atoms with Gasteiger partial charge in [-0.15, -0.1) is 0 Å². The summed E-state index contributed by atoms with van der Waals surface area (Å²) in [5.74, 6) is -1.43. The molecule has 0 radical (unpaired) electrons. The van der Waals surface area contributed by atoms with Crippen LogP contribution in [0.5, 0.6) is 0 Å². The number of carbonyl (C=O) groups excluding carboxylic acids is 3. The van der Waals surface area contributed by atoms with Gasteiger partial charge in [-0.05, 0) is 89.0 Å². The second-order valence-electron chi connectivity index (χ2n) is 15.0. The van der Waals surface area contributed by atoms with E-state index in [9.17, 15) is 34.1 Å². The molecule has 1 unspecified atom stereocenters. The molecule has 13 heteroatoms. The van der Waals surface area contributed by atoms with Crippen LogP contribution in [0.1, 0.15) is 129 Å². The number of hydrogen-bond donors (Lipinski definition) is 4. The van der Waals surface area contributed by atoms with Crippen molar-refractivity contribution < 1.29 is 57.7 Å². The van der Waals surface area contributed by atoms with E-state index in [-0.39, 0.29) is 30.5 Å². The molecule has 1 aliphatic rings. The predicted molar refractivity (Wildman–Crippen MR) is 241 cm³/mol. The lowest BCUT2D eigenvalue weighted by molar-refractivity contribution is -0.161. The van der Waals surface area contributed by atoms with E-state index in [0.717, 1.165) is 70.6 Å². The minimum Gasteiger partial charge on any atom is -0.462 e. The average molecular weight is 875 g/mol. The SMILES string of the molecule is CC/C=C\C/C=C\C/C=C\C/C=C\C/C=C\CCCCCC(=O)OC[C@H](COP(=O)(O)OC[C@@H](O)CO)OC(=O)CCC/C=C\C[C@H]1C=CC(=O)[C@@H]1/C=C/[C@@H](O)CCCCC. The van der Waals surface area contributed by atoms with Gasteiger partial charge in [0.15, 0.2) is 11.9 Å². The van der Waals surface area contributed by atoms with Gasteiger partial charge in [-0.1, -0.05) is 131 Å². The number of ether oxygens (including phenoxy) is 2. The number of ketones is 1. The molecule has 0 aromatic carbocycles. The molecule has 0 aromatic heterocycles. The summed E-state index contributed by atoms with van der Waals surface area (Å²) < 4.78 is 32.7. The number of rotatable bonds is 37. The predicted octanol–water partition coefficient (Wildman–Crippen LogP) is 9.62. The van der Waals surface area contributed by atoms with Crippen LogP contribution in [0, 0.1) is 11.8 Å². The van der Waals surface area contributed by atoms with Crippen LogP contribution >= 0.6 is 7.82 Å². The fourth-order valence-corrected chi connectivity index (χ4v) is 6.74. The van der Waals surface area contributed by atoms with E-state index in [2.05, 4.69) is 79.1 Å². The number of carbonyl (C=O) groups is 3. The second kappa shape index (κ2) is 37.1. The zero-order valence-electron chi connectivity index (χ0n) is 36.7. The Morgan fingerprint density at radius 1 is 0.738 bits per heavy atom. The van der Waals surface area contributed by atoms with E-state index in [1.807, 2.05) is 18.2 Å². The summed E-state index contributed by atoms with van der Waals surface area (Å²) in [6, 6.07) is 0. The lowest BCUT2D eigenvalue weighted by Crippen LogP contribution is -2.29. The van der Waals surface area contributed by atoms with Crippen LogP contribution in [-0.2, 0) is 37.5 Å². The summed E-state index contributed by atoms with van der Waals surface area (Å²) in [5, 5.41) is 28.6. The number of esters is 2. The summed E-state index contributed by atoms with van der Waals surface area (Å²) >= 11 is 0. The van der Waals surface area contributed by atoms with Gasteiger partial charge in [-0.3, -0.25) is 23.4 Å². The lowest BCUT2D eigenvalue weighted by atomic mass is 9.90. The third-order valence-corrected chi connectivity index (χ3v) is 10.4. The van der Waals surface area contributed by atoms with Gasteiger partial charge in [0.25, 0.3) is 0 Å². The molecule has 0 aliphatic heterocycles. The Labute approximate surface area is 365 Å². The van der Waals surface area contributed by atoms with Gasteiger partial charge in [0.05, 0.1) is 25.9 Å². The lowest BCUT2D eigenvalue weighted by Gasteiger charge is -2.20. The van der Waals surface area contributed by atoms with Crippen LogP contribution in [0.3, 0.4) is 0 Å². The topological polar surface area (TPSA) is 186 Å². The molecule has 0 saturated carbocycles. The first kappa shape index (κ1) is 55.5. The number of phosphoric ester groups is 1. The highest BCUT2D eigenvalue weighted by Crippen LogP contribution is 2.43. The average Bonchev–Trinajstić information content (AvgIpc) is 3.60. The minimum absolute atomic E-state index is 0.00995. The molecule has 0 aromatic rings. The van der Waals surface area contributed by atoms with E-state index in [1.54, 1.807) is 18.2 Å². The number of allylic oxidation sites excluding steroid dienone is 15. The van der Waals surface area contributed by atoms with Crippen molar-refractivity contribution >= 4 is 25.5 Å². The number of phosphoric acid groups is 1. The molecular weight excluding hydrogens is 799 g/mol. The smallest absolute Gasteiger partial charge is 0.462 e. The normalized spacial score (nSPS) is 18.6. The number of unbranched alkanes of at least 4 members (excludes halogenated alkanes) is 6. The summed E-state index contributed by atoms with van der Waals surface area (Å²) in [6.45, 7) is 1.87. The van der Waals surface area contributed by atoms with Crippen molar-refractivity contribution in [1.82, 2.24) is 0 Å². The molecule has 0 bridgehead atoms. The molecule has 12 nitrogen and oxygen atoms in total. The van der Waals surface area contributed by atoms with Gasteiger partial charge in [-0.25, -0.2) is 4.57 Å². The van der Waals surface area contributed by atoms with Crippen LogP contribution in [-0.4, -0.2) is 82.7 Å². The largest absolute Gasteiger partial charge is 0.472 e. The van der Waals surface area contributed by atoms with Crippen LogP contribution in [0.25, 0.3) is 0 Å². The third kappa shape index (κ3) is 31.9. The van der Waals surface area contributed by atoms with Gasteiger partial charge in [-0.2, -0.15) is 0 Å². The van der Waals surface area contributed by atoms with E-state index < -0.39 is 64.5 Å². The Hall–Kier alpha value is -3.48. The standard InChI is InChI=1S/C48H75O12P/c1-3-5-7-8-9-10-11-12-13-14-15-16-17-18-19-20-21-22-27-31-47(53)57-39-44(40-59-61(55,56)58-38-43(51)37-49)60-48(54)32-28-24-23-26-29-41-33-36-46(52)45(41)35-34-42(50)30-25-6-4-2/h5,7,9-10,12-13,15-16,18-19,23,26,33-36,41-45,49-51H,3-4,6,8,11,14,17,20-22,24-25,27-32,37-40H2,1-2H3,(H,55,56)/b7-5-,10-9-,13-12-,16-15-,19-18-,26-23-,35-34+/t41-,42-,43-,44+,45+/m0/s1. The number of hydrogen-bond acceptors (Lipinski definition) is 11. The van der Waals surface area contributed by atoms with Gasteiger partial charge >= 0.3 is 19.8 Å². The maximum Gasteiger partial charge on any atom is 0.472 e. The van der Waals surface area contributed by atoms with Crippen molar-refractivity contribution in [1.29, 1.82) is 0 Å². The molecule has 0 amide bonds. The van der Waals surface area contributed by atoms with Crippen molar-refractivity contribution in [3.8, 4) is 0 Å². The highest BCUT2D eigenvalue weighted by molar-refractivity contribution is 7.47. The number of aliphatic hydroxyl groups excluding tert-OH is 3. The van der Waals surface area contributed by atoms with Crippen LogP contribution < -0.4 is 0 Å². The minimum atomic E-state index is -4.69. The van der Waals surface area contributed by atoms with Crippen LogP contribution in [0.15, 0.2) is 97.2 Å². The van der Waals surface area contributed by atoms with Crippen molar-refractivity contribution in [3.05, 3.63) is 97.2 Å². The van der Waals surface area contributed by atoms with Gasteiger partial charge in [0.2, 0.25) is 0 Å². The monoisotopic (exact) mass is 874 g/mol. The van der Waals surface area contributed by atoms with Crippen LogP contribution in [0.2, 0.25) is 0 Å². The molecule has 4 N–H and O–H groups in total. The molecule has 0 fully saturated rings. The first-order valence-electron chi connectivity index (χ1n) is 22.2. The molecule has 0 heterocycles. The van der Waals surface area contributed by atoms with Crippen molar-refractivity contribution in [2.24, 2.45) is 11.8 Å². The van der Waals surface area contributed by atoms with E-state index in [0.29, 0.717) is 32.1 Å².